The lowest BCUT2D eigenvalue weighted by atomic mass is 10.0. The smallest absolute Gasteiger partial charge is 0.0800 e. The predicted octanol–water partition coefficient (Wildman–Crippen LogP) is 3.98. The van der Waals surface area contributed by atoms with E-state index in [1.54, 1.807) is 0 Å². The summed E-state index contributed by atoms with van der Waals surface area (Å²) in [6.07, 6.45) is 1.98. The van der Waals surface area contributed by atoms with Gasteiger partial charge in [-0.05, 0) is 35.7 Å². The Morgan fingerprint density at radius 1 is 1.05 bits per heavy atom. The number of anilines is 2. The summed E-state index contributed by atoms with van der Waals surface area (Å²) in [6, 6.07) is 16.8. The fourth-order valence-corrected chi connectivity index (χ4v) is 2.51. The first-order valence-electron chi connectivity index (χ1n) is 6.52. The molecule has 2 nitrogen and oxygen atoms in total. The van der Waals surface area contributed by atoms with E-state index in [1.165, 1.54) is 11.1 Å². The Kier molecular flexibility index (Phi) is 3.47. The average molecular weight is 268 g/mol. The molecule has 3 rings (SSSR count). The third-order valence-corrected chi connectivity index (χ3v) is 3.65. The van der Waals surface area contributed by atoms with Gasteiger partial charge in [0.1, 0.15) is 0 Å². The van der Waals surface area contributed by atoms with E-state index in [9.17, 15) is 0 Å². The first kappa shape index (κ1) is 12.2. The molecule has 1 aliphatic heterocycles. The molecule has 0 spiro atoms. The van der Waals surface area contributed by atoms with Crippen molar-refractivity contribution in [3.8, 4) is 0 Å². The average Bonchev–Trinajstić information content (AvgIpc) is 2.46. The first-order chi connectivity index (χ1) is 9.31. The lowest BCUT2D eigenvalue weighted by Crippen LogP contribution is -2.17. The Labute approximate surface area is 118 Å². The molecule has 0 unspecified atom stereocenters. The second kappa shape index (κ2) is 5.41. The molecule has 3 heteroatoms. The fraction of sp³-hybridized carbons (Fsp3) is 0.188. The molecule has 0 saturated heterocycles. The van der Waals surface area contributed by atoms with Gasteiger partial charge in [0.15, 0.2) is 0 Å². The lowest BCUT2D eigenvalue weighted by molar-refractivity contribution is 1.02. The van der Waals surface area contributed by atoms with Crippen LogP contribution < -0.4 is 10.6 Å². The Morgan fingerprint density at radius 3 is 2.74 bits per heavy atom. The van der Waals surface area contributed by atoms with Crippen LogP contribution in [0.4, 0.5) is 11.4 Å². The molecule has 1 heterocycles. The first-order valence-corrected chi connectivity index (χ1v) is 6.93. The van der Waals surface area contributed by atoms with Crippen molar-refractivity contribution in [1.82, 2.24) is 0 Å². The molecule has 19 heavy (non-hydrogen) atoms. The summed E-state index contributed by atoms with van der Waals surface area (Å²) in [5.74, 6) is 0. The van der Waals surface area contributed by atoms with E-state index in [4.69, 9.17) is 12.2 Å². The quantitative estimate of drug-likeness (QED) is 0.823. The highest BCUT2D eigenvalue weighted by Crippen LogP contribution is 2.26. The van der Waals surface area contributed by atoms with Gasteiger partial charge in [-0.25, -0.2) is 0 Å². The van der Waals surface area contributed by atoms with Crippen molar-refractivity contribution >= 4 is 28.6 Å². The van der Waals surface area contributed by atoms with Gasteiger partial charge >= 0.3 is 0 Å². The SMILES string of the molecule is S=C1CCc2cc(NCc3ccccc3)ccc2N1. The van der Waals surface area contributed by atoms with Gasteiger partial charge in [0.2, 0.25) is 0 Å². The number of benzene rings is 2. The minimum Gasteiger partial charge on any atom is -0.381 e. The maximum absolute atomic E-state index is 5.20. The van der Waals surface area contributed by atoms with Gasteiger partial charge in [0, 0.05) is 24.3 Å². The Hall–Kier alpha value is -1.87. The molecule has 0 fully saturated rings. The largest absolute Gasteiger partial charge is 0.381 e. The Morgan fingerprint density at radius 2 is 1.89 bits per heavy atom. The van der Waals surface area contributed by atoms with Crippen LogP contribution in [0.5, 0.6) is 0 Å². The summed E-state index contributed by atoms with van der Waals surface area (Å²) in [5.41, 5.74) is 4.95. The highest BCUT2D eigenvalue weighted by molar-refractivity contribution is 7.80. The molecule has 96 valence electrons. The van der Waals surface area contributed by atoms with Gasteiger partial charge in [-0.1, -0.05) is 42.5 Å². The summed E-state index contributed by atoms with van der Waals surface area (Å²) in [4.78, 5) is 0.942. The van der Waals surface area contributed by atoms with Crippen LogP contribution in [-0.2, 0) is 13.0 Å². The zero-order valence-electron chi connectivity index (χ0n) is 10.6. The highest BCUT2D eigenvalue weighted by atomic mass is 32.1. The molecule has 2 aromatic carbocycles. The van der Waals surface area contributed by atoms with E-state index in [1.807, 2.05) is 6.07 Å². The van der Waals surface area contributed by atoms with E-state index in [0.29, 0.717) is 0 Å². The summed E-state index contributed by atoms with van der Waals surface area (Å²) in [5, 5.41) is 6.73. The molecule has 2 N–H and O–H groups in total. The van der Waals surface area contributed by atoms with E-state index in [2.05, 4.69) is 53.1 Å². The summed E-state index contributed by atoms with van der Waals surface area (Å²) < 4.78 is 0. The van der Waals surface area contributed by atoms with E-state index < -0.39 is 0 Å². The van der Waals surface area contributed by atoms with Crippen molar-refractivity contribution in [2.45, 2.75) is 19.4 Å². The number of thiocarbonyl (C=S) groups is 1. The standard InChI is InChI=1S/C16H16N2S/c19-16-9-6-13-10-14(7-8-15(13)18-16)17-11-12-4-2-1-3-5-12/h1-5,7-8,10,17H,6,9,11H2,(H,18,19). The van der Waals surface area contributed by atoms with E-state index in [-0.39, 0.29) is 0 Å². The molecule has 0 radical (unpaired) electrons. The number of hydrogen-bond acceptors (Lipinski definition) is 2. The highest BCUT2D eigenvalue weighted by Gasteiger charge is 2.12. The topological polar surface area (TPSA) is 24.1 Å². The Bertz CT molecular complexity index is 593. The number of nitrogens with one attached hydrogen (secondary N) is 2. The van der Waals surface area contributed by atoms with Crippen molar-refractivity contribution < 1.29 is 0 Å². The summed E-state index contributed by atoms with van der Waals surface area (Å²) in [6.45, 7) is 0.853. The number of hydrogen-bond donors (Lipinski definition) is 2. The third-order valence-electron chi connectivity index (χ3n) is 3.34. The molecule has 0 amide bonds. The molecule has 0 aromatic heterocycles. The van der Waals surface area contributed by atoms with Gasteiger partial charge in [-0.15, -0.1) is 0 Å². The van der Waals surface area contributed by atoms with Crippen LogP contribution >= 0.6 is 12.2 Å². The number of aryl methyl sites for hydroxylation is 1. The number of rotatable bonds is 3. The second-order valence-corrected chi connectivity index (χ2v) is 5.25. The maximum atomic E-state index is 5.20. The van der Waals surface area contributed by atoms with Gasteiger partial charge in [0.25, 0.3) is 0 Å². The number of fused-ring (bicyclic) bond motifs is 1. The van der Waals surface area contributed by atoms with Crippen molar-refractivity contribution in [3.05, 3.63) is 59.7 Å². The molecular weight excluding hydrogens is 252 g/mol. The van der Waals surface area contributed by atoms with Crippen LogP contribution in [0, 0.1) is 0 Å². The third kappa shape index (κ3) is 2.93. The maximum Gasteiger partial charge on any atom is 0.0800 e. The van der Waals surface area contributed by atoms with Crippen LogP contribution in [0.25, 0.3) is 0 Å². The molecule has 0 aliphatic carbocycles. The zero-order chi connectivity index (χ0) is 13.1. The van der Waals surface area contributed by atoms with Crippen molar-refractivity contribution in [2.75, 3.05) is 10.6 Å². The minimum atomic E-state index is 0.853. The lowest BCUT2D eigenvalue weighted by Gasteiger charge is -2.19. The minimum absolute atomic E-state index is 0.853. The molecule has 2 aromatic rings. The van der Waals surface area contributed by atoms with Crippen molar-refractivity contribution in [3.63, 3.8) is 0 Å². The van der Waals surface area contributed by atoms with Crippen LogP contribution in [0.1, 0.15) is 17.5 Å². The van der Waals surface area contributed by atoms with Crippen LogP contribution in [0.2, 0.25) is 0 Å². The van der Waals surface area contributed by atoms with Gasteiger partial charge in [0.05, 0.1) is 4.99 Å². The van der Waals surface area contributed by atoms with Crippen molar-refractivity contribution in [1.29, 1.82) is 0 Å². The fourth-order valence-electron chi connectivity index (χ4n) is 2.29. The monoisotopic (exact) mass is 268 g/mol. The zero-order valence-corrected chi connectivity index (χ0v) is 11.5. The van der Waals surface area contributed by atoms with Gasteiger partial charge in [-0.2, -0.15) is 0 Å². The molecule has 1 aliphatic rings. The van der Waals surface area contributed by atoms with Gasteiger partial charge < -0.3 is 10.6 Å². The van der Waals surface area contributed by atoms with Crippen LogP contribution in [0.15, 0.2) is 48.5 Å². The molecule has 0 saturated carbocycles. The molecular formula is C16H16N2S. The van der Waals surface area contributed by atoms with Crippen LogP contribution in [0.3, 0.4) is 0 Å². The summed E-state index contributed by atoms with van der Waals surface area (Å²) >= 11 is 5.20. The van der Waals surface area contributed by atoms with Gasteiger partial charge in [-0.3, -0.25) is 0 Å². The predicted molar refractivity (Wildman–Crippen MR) is 84.8 cm³/mol. The second-order valence-electron chi connectivity index (χ2n) is 4.76. The normalized spacial score (nSPS) is 13.6. The van der Waals surface area contributed by atoms with Crippen molar-refractivity contribution in [2.24, 2.45) is 0 Å². The molecule has 0 atom stereocenters. The molecule has 0 bridgehead atoms. The van der Waals surface area contributed by atoms with E-state index in [0.717, 1.165) is 35.7 Å². The Balaban J connectivity index is 1.71. The summed E-state index contributed by atoms with van der Waals surface area (Å²) in [7, 11) is 0. The van der Waals surface area contributed by atoms with E-state index >= 15 is 0 Å². The van der Waals surface area contributed by atoms with Crippen LogP contribution in [-0.4, -0.2) is 4.99 Å².